The van der Waals surface area contributed by atoms with Crippen LogP contribution in [0, 0.1) is 6.92 Å². The molecule has 2 heterocycles. The third-order valence-electron chi connectivity index (χ3n) is 6.87. The number of carbonyl (C=O) groups is 3. The fourth-order valence-electron chi connectivity index (χ4n) is 4.83. The second-order valence-electron chi connectivity index (χ2n) is 9.29. The molecule has 38 heavy (non-hydrogen) atoms. The third-order valence-corrected chi connectivity index (χ3v) is 7.71. The van der Waals surface area contributed by atoms with Gasteiger partial charge in [-0.15, -0.1) is 0 Å². The zero-order valence-corrected chi connectivity index (χ0v) is 23.3. The number of amides is 3. The Labute approximate surface area is 233 Å². The van der Waals surface area contributed by atoms with Crippen LogP contribution in [0.4, 0.5) is 4.79 Å². The molecule has 0 aliphatic carbocycles. The number of halogens is 2. The number of hydrogen-bond donors (Lipinski definition) is 1. The fraction of sp³-hybridized carbons (Fsp3) is 0.393. The minimum atomic E-state index is -0.810. The van der Waals surface area contributed by atoms with Crippen LogP contribution in [-0.4, -0.2) is 78.5 Å². The smallest absolute Gasteiger partial charge is 0.338 e. The molecule has 1 fully saturated rings. The fourth-order valence-corrected chi connectivity index (χ4v) is 5.25. The lowest BCUT2D eigenvalue weighted by Crippen LogP contribution is -2.53. The molecule has 1 saturated heterocycles. The Balaban J connectivity index is 1.62. The lowest BCUT2D eigenvalue weighted by atomic mass is 9.94. The highest BCUT2D eigenvalue weighted by molar-refractivity contribution is 6.42. The van der Waals surface area contributed by atoms with Crippen molar-refractivity contribution in [1.29, 1.82) is 0 Å². The first-order chi connectivity index (χ1) is 18.2. The number of carbonyl (C=O) groups excluding carboxylic acids is 3. The zero-order chi connectivity index (χ0) is 27.4. The average molecular weight is 559 g/mol. The molecule has 1 atom stereocenters. The molecule has 2 aliphatic heterocycles. The lowest BCUT2D eigenvalue weighted by Gasteiger charge is -2.40. The van der Waals surface area contributed by atoms with Crippen LogP contribution >= 0.6 is 23.2 Å². The normalized spacial score (nSPS) is 18.4. The van der Waals surface area contributed by atoms with Crippen molar-refractivity contribution < 1.29 is 19.1 Å². The van der Waals surface area contributed by atoms with Crippen LogP contribution in [0.2, 0.25) is 10.0 Å². The van der Waals surface area contributed by atoms with Crippen molar-refractivity contribution in [3.05, 3.63) is 80.5 Å². The van der Waals surface area contributed by atoms with Gasteiger partial charge in [-0.3, -0.25) is 14.6 Å². The molecule has 0 bridgehead atoms. The van der Waals surface area contributed by atoms with Crippen LogP contribution < -0.4 is 5.32 Å². The maximum atomic E-state index is 13.3. The number of urea groups is 1. The van der Waals surface area contributed by atoms with Crippen LogP contribution in [0.5, 0.6) is 0 Å². The van der Waals surface area contributed by atoms with Crippen molar-refractivity contribution in [2.24, 2.45) is 0 Å². The van der Waals surface area contributed by atoms with Crippen LogP contribution in [0.1, 0.15) is 41.4 Å². The zero-order valence-electron chi connectivity index (χ0n) is 21.8. The molecule has 2 aromatic rings. The Hall–Kier alpha value is -3.07. The van der Waals surface area contributed by atoms with Crippen LogP contribution in [0.3, 0.4) is 0 Å². The molecule has 202 valence electrons. The topological polar surface area (TPSA) is 82.2 Å². The van der Waals surface area contributed by atoms with Gasteiger partial charge in [0.15, 0.2) is 0 Å². The molecule has 0 saturated carbocycles. The van der Waals surface area contributed by atoms with Gasteiger partial charge >= 0.3 is 12.0 Å². The Morgan fingerprint density at radius 1 is 1.03 bits per heavy atom. The van der Waals surface area contributed by atoms with Crippen molar-refractivity contribution in [3.63, 3.8) is 0 Å². The number of likely N-dealkylation sites (N-methyl/N-ethyl adjacent to an activating group) is 1. The highest BCUT2D eigenvalue weighted by atomic mass is 35.5. The standard InChI is InChI=1S/C28H32Cl2N4O4/c1-4-34-22(17-32-13-15-33(16-14-32)26(35)19-11-9-18(3)10-12-19)23(27(36)38-5-2)25(31-28(34)37)20-7-6-8-21(29)24(20)30/h6-12,25H,4-5,13-17H2,1-3H3,(H,31,37)/t25-/m1/s1. The maximum absolute atomic E-state index is 13.3. The summed E-state index contributed by atoms with van der Waals surface area (Å²) in [7, 11) is 0. The number of rotatable bonds is 7. The van der Waals surface area contributed by atoms with Gasteiger partial charge in [0.2, 0.25) is 0 Å². The number of nitrogens with one attached hydrogen (secondary N) is 1. The summed E-state index contributed by atoms with van der Waals surface area (Å²) in [6.07, 6.45) is 0. The quantitative estimate of drug-likeness (QED) is 0.499. The number of ether oxygens (including phenoxy) is 1. The van der Waals surface area contributed by atoms with Gasteiger partial charge < -0.3 is 15.0 Å². The largest absolute Gasteiger partial charge is 0.463 e. The van der Waals surface area contributed by atoms with Gasteiger partial charge in [-0.25, -0.2) is 9.59 Å². The van der Waals surface area contributed by atoms with E-state index in [4.69, 9.17) is 27.9 Å². The molecule has 10 heteroatoms. The molecule has 2 aromatic carbocycles. The second-order valence-corrected chi connectivity index (χ2v) is 10.1. The molecule has 8 nitrogen and oxygen atoms in total. The number of aryl methyl sites for hydroxylation is 1. The van der Waals surface area contributed by atoms with Gasteiger partial charge in [0.05, 0.1) is 28.3 Å². The summed E-state index contributed by atoms with van der Waals surface area (Å²) in [4.78, 5) is 45.0. The Morgan fingerprint density at radius 3 is 2.34 bits per heavy atom. The maximum Gasteiger partial charge on any atom is 0.338 e. The molecule has 1 N–H and O–H groups in total. The van der Waals surface area contributed by atoms with Gasteiger partial charge in [0.1, 0.15) is 0 Å². The number of esters is 1. The van der Waals surface area contributed by atoms with E-state index in [0.29, 0.717) is 66.7 Å². The van der Waals surface area contributed by atoms with E-state index in [1.165, 1.54) is 0 Å². The number of benzene rings is 2. The predicted octanol–water partition coefficient (Wildman–Crippen LogP) is 4.66. The molecular formula is C28H32Cl2N4O4. The lowest BCUT2D eigenvalue weighted by molar-refractivity contribution is -0.139. The SMILES string of the molecule is CCOC(=O)C1=C(CN2CCN(C(=O)c3ccc(C)cc3)CC2)N(CC)C(=O)N[C@@H]1c1cccc(Cl)c1Cl. The Kier molecular flexibility index (Phi) is 8.97. The van der Waals surface area contributed by atoms with Crippen molar-refractivity contribution in [1.82, 2.24) is 20.0 Å². The van der Waals surface area contributed by atoms with Gasteiger partial charge in [0, 0.05) is 50.5 Å². The van der Waals surface area contributed by atoms with E-state index in [1.807, 2.05) is 43.0 Å². The van der Waals surface area contributed by atoms with Crippen molar-refractivity contribution in [2.45, 2.75) is 26.8 Å². The van der Waals surface area contributed by atoms with E-state index in [1.54, 1.807) is 30.0 Å². The first-order valence-corrected chi connectivity index (χ1v) is 13.5. The van der Waals surface area contributed by atoms with E-state index < -0.39 is 12.0 Å². The first-order valence-electron chi connectivity index (χ1n) is 12.8. The summed E-state index contributed by atoms with van der Waals surface area (Å²) >= 11 is 12.8. The second kappa shape index (κ2) is 12.2. The monoisotopic (exact) mass is 558 g/mol. The van der Waals surface area contributed by atoms with Crippen LogP contribution in [0.15, 0.2) is 53.7 Å². The summed E-state index contributed by atoms with van der Waals surface area (Å²) in [5, 5.41) is 3.52. The minimum Gasteiger partial charge on any atom is -0.463 e. The van der Waals surface area contributed by atoms with E-state index >= 15 is 0 Å². The molecule has 0 spiro atoms. The van der Waals surface area contributed by atoms with Gasteiger partial charge in [0.25, 0.3) is 5.91 Å². The third kappa shape index (κ3) is 5.82. The van der Waals surface area contributed by atoms with E-state index in [0.717, 1.165) is 5.56 Å². The van der Waals surface area contributed by atoms with Gasteiger partial charge in [-0.2, -0.15) is 0 Å². The highest BCUT2D eigenvalue weighted by Crippen LogP contribution is 2.38. The van der Waals surface area contributed by atoms with E-state index in [9.17, 15) is 14.4 Å². The summed E-state index contributed by atoms with van der Waals surface area (Å²) < 4.78 is 5.43. The van der Waals surface area contributed by atoms with Crippen LogP contribution in [-0.2, 0) is 9.53 Å². The number of piperazine rings is 1. The Morgan fingerprint density at radius 2 is 1.71 bits per heavy atom. The number of hydrogen-bond acceptors (Lipinski definition) is 5. The molecule has 2 aliphatic rings. The van der Waals surface area contributed by atoms with Crippen molar-refractivity contribution in [3.8, 4) is 0 Å². The molecular weight excluding hydrogens is 527 g/mol. The molecule has 0 aromatic heterocycles. The Bertz CT molecular complexity index is 1240. The molecule has 0 radical (unpaired) electrons. The average Bonchev–Trinajstić information content (AvgIpc) is 2.90. The summed E-state index contributed by atoms with van der Waals surface area (Å²) in [5.41, 5.74) is 3.19. The minimum absolute atomic E-state index is 0.000954. The number of nitrogens with zero attached hydrogens (tertiary/aromatic N) is 3. The summed E-state index contributed by atoms with van der Waals surface area (Å²) in [5.74, 6) is -0.519. The van der Waals surface area contributed by atoms with Gasteiger partial charge in [-0.1, -0.05) is 53.0 Å². The summed E-state index contributed by atoms with van der Waals surface area (Å²) in [6, 6.07) is 11.6. The first kappa shape index (κ1) is 28.0. The highest BCUT2D eigenvalue weighted by Gasteiger charge is 2.39. The van der Waals surface area contributed by atoms with Crippen LogP contribution in [0.25, 0.3) is 0 Å². The molecule has 4 rings (SSSR count). The van der Waals surface area contributed by atoms with Crippen molar-refractivity contribution >= 4 is 41.1 Å². The van der Waals surface area contributed by atoms with Gasteiger partial charge in [-0.05, 0) is 44.5 Å². The molecule has 3 amide bonds. The van der Waals surface area contributed by atoms with Crippen molar-refractivity contribution in [2.75, 3.05) is 45.9 Å². The summed E-state index contributed by atoms with van der Waals surface area (Å²) in [6.45, 7) is 8.75. The predicted molar refractivity (Wildman–Crippen MR) is 147 cm³/mol. The van der Waals surface area contributed by atoms with E-state index in [-0.39, 0.29) is 23.6 Å². The van der Waals surface area contributed by atoms with E-state index in [2.05, 4.69) is 10.2 Å². The molecule has 0 unspecified atom stereocenters.